The van der Waals surface area contributed by atoms with E-state index in [-0.39, 0.29) is 0 Å². The number of rotatable bonds is 4. The first kappa shape index (κ1) is 11.4. The lowest BCUT2D eigenvalue weighted by atomic mass is 10.3. The van der Waals surface area contributed by atoms with Gasteiger partial charge in [-0.2, -0.15) is 5.10 Å². The Kier molecular flexibility index (Phi) is 4.23. The molecule has 0 amide bonds. The van der Waals surface area contributed by atoms with Gasteiger partial charge in [0.15, 0.2) is 0 Å². The summed E-state index contributed by atoms with van der Waals surface area (Å²) in [6.45, 7) is 6.92. The molecular formula is C7H16N2O2S. The molecule has 0 heterocycles. The van der Waals surface area contributed by atoms with Crippen LogP contribution in [0.4, 0.5) is 0 Å². The minimum absolute atomic E-state index is 0.439. The third-order valence-electron chi connectivity index (χ3n) is 1.50. The smallest absolute Gasteiger partial charge is 0.205 e. The average Bonchev–Trinajstić information content (AvgIpc) is 2.00. The highest BCUT2D eigenvalue weighted by atomic mass is 32.2. The van der Waals surface area contributed by atoms with E-state index in [0.29, 0.717) is 0 Å². The fourth-order valence-electron chi connectivity index (χ4n) is 0.326. The van der Waals surface area contributed by atoms with Gasteiger partial charge in [0.1, 0.15) is 0 Å². The monoisotopic (exact) mass is 192 g/mol. The Morgan fingerprint density at radius 3 is 2.33 bits per heavy atom. The van der Waals surface area contributed by atoms with Crippen molar-refractivity contribution in [3.8, 4) is 0 Å². The molecule has 0 aromatic heterocycles. The summed E-state index contributed by atoms with van der Waals surface area (Å²) in [4.78, 5) is 2.17. The maximum absolute atomic E-state index is 11.1. The highest BCUT2D eigenvalue weighted by Gasteiger charge is 2.13. The Balaban J connectivity index is 4.29. The molecule has 4 nitrogen and oxygen atoms in total. The number of nitrogens with one attached hydrogen (secondary N) is 1. The molecule has 0 atom stereocenters. The standard InChI is InChI=1S/C7H16N2O2S/c1-5-7(4)8-9-12(10,11)6(2)3/h6,9H,5H2,1-4H3/b8-7+. The third kappa shape index (κ3) is 3.71. The lowest BCUT2D eigenvalue weighted by Gasteiger charge is -2.06. The molecule has 0 fully saturated rings. The highest BCUT2D eigenvalue weighted by Crippen LogP contribution is 1.95. The first-order valence-electron chi connectivity index (χ1n) is 3.94. The molecule has 0 aromatic carbocycles. The molecule has 0 rings (SSSR count). The fraction of sp³-hybridized carbons (Fsp3) is 0.857. The maximum Gasteiger partial charge on any atom is 0.249 e. The van der Waals surface area contributed by atoms with Crippen LogP contribution >= 0.6 is 0 Å². The normalized spacial score (nSPS) is 13.6. The van der Waals surface area contributed by atoms with Crippen LogP contribution in [0.5, 0.6) is 0 Å². The van der Waals surface area contributed by atoms with Crippen molar-refractivity contribution in [1.29, 1.82) is 0 Å². The van der Waals surface area contributed by atoms with Gasteiger partial charge in [-0.25, -0.2) is 13.2 Å². The van der Waals surface area contributed by atoms with E-state index in [1.807, 2.05) is 6.92 Å². The van der Waals surface area contributed by atoms with Gasteiger partial charge in [0, 0.05) is 5.71 Å². The third-order valence-corrected chi connectivity index (χ3v) is 3.08. The van der Waals surface area contributed by atoms with E-state index in [2.05, 4.69) is 9.93 Å². The van der Waals surface area contributed by atoms with Gasteiger partial charge in [-0.1, -0.05) is 6.92 Å². The number of hydrogen-bond donors (Lipinski definition) is 1. The van der Waals surface area contributed by atoms with Gasteiger partial charge in [0.05, 0.1) is 5.25 Å². The first-order valence-corrected chi connectivity index (χ1v) is 5.48. The van der Waals surface area contributed by atoms with E-state index < -0.39 is 15.3 Å². The van der Waals surface area contributed by atoms with Gasteiger partial charge in [-0.15, -0.1) is 0 Å². The molecule has 0 aliphatic carbocycles. The zero-order chi connectivity index (χ0) is 9.78. The minimum Gasteiger partial charge on any atom is -0.205 e. The molecule has 0 aliphatic rings. The summed E-state index contributed by atoms with van der Waals surface area (Å²) < 4.78 is 22.3. The predicted octanol–water partition coefficient (Wildman–Crippen LogP) is 1.10. The van der Waals surface area contributed by atoms with E-state index >= 15 is 0 Å². The van der Waals surface area contributed by atoms with Crippen LogP contribution in [0.15, 0.2) is 5.10 Å². The topological polar surface area (TPSA) is 58.5 Å². The van der Waals surface area contributed by atoms with E-state index in [1.54, 1.807) is 20.8 Å². The zero-order valence-electron chi connectivity index (χ0n) is 7.96. The summed E-state index contributed by atoms with van der Waals surface area (Å²) in [5.41, 5.74) is 0.777. The van der Waals surface area contributed by atoms with Gasteiger partial charge in [-0.05, 0) is 27.2 Å². The van der Waals surface area contributed by atoms with Crippen molar-refractivity contribution in [2.45, 2.75) is 39.4 Å². The van der Waals surface area contributed by atoms with Gasteiger partial charge in [0.2, 0.25) is 10.0 Å². The molecule has 0 unspecified atom stereocenters. The van der Waals surface area contributed by atoms with Crippen LogP contribution in [0.1, 0.15) is 34.1 Å². The van der Waals surface area contributed by atoms with Crippen molar-refractivity contribution < 1.29 is 8.42 Å². The molecule has 0 radical (unpaired) electrons. The van der Waals surface area contributed by atoms with Crippen LogP contribution in [0.3, 0.4) is 0 Å². The van der Waals surface area contributed by atoms with Crippen molar-refractivity contribution >= 4 is 15.7 Å². The van der Waals surface area contributed by atoms with Crippen LogP contribution in [0.2, 0.25) is 0 Å². The number of sulfonamides is 1. The summed E-state index contributed by atoms with van der Waals surface area (Å²) in [5.74, 6) is 0. The Bertz CT molecular complexity index is 255. The first-order chi connectivity index (χ1) is 5.40. The van der Waals surface area contributed by atoms with Gasteiger partial charge >= 0.3 is 0 Å². The number of nitrogens with zero attached hydrogens (tertiary/aromatic N) is 1. The Morgan fingerprint density at radius 1 is 1.50 bits per heavy atom. The molecule has 0 spiro atoms. The molecule has 72 valence electrons. The molecule has 0 aliphatic heterocycles. The fourth-order valence-corrected chi connectivity index (χ4v) is 0.820. The summed E-state index contributed by atoms with van der Waals surface area (Å²) in [6, 6.07) is 0. The molecule has 0 bridgehead atoms. The predicted molar refractivity (Wildman–Crippen MR) is 50.6 cm³/mol. The Morgan fingerprint density at radius 2 is 2.00 bits per heavy atom. The largest absolute Gasteiger partial charge is 0.249 e. The summed E-state index contributed by atoms with van der Waals surface area (Å²) in [5, 5.41) is 3.28. The Labute approximate surface area is 74.1 Å². The summed E-state index contributed by atoms with van der Waals surface area (Å²) >= 11 is 0. The van der Waals surface area contributed by atoms with Gasteiger partial charge in [0.25, 0.3) is 0 Å². The second kappa shape index (κ2) is 4.45. The zero-order valence-corrected chi connectivity index (χ0v) is 8.77. The van der Waals surface area contributed by atoms with Crippen molar-refractivity contribution in [3.05, 3.63) is 0 Å². The quantitative estimate of drug-likeness (QED) is 0.535. The lowest BCUT2D eigenvalue weighted by Crippen LogP contribution is -2.27. The molecule has 5 heteroatoms. The SMILES string of the molecule is CC/C(C)=N/NS(=O)(=O)C(C)C. The van der Waals surface area contributed by atoms with Gasteiger partial charge in [-0.3, -0.25) is 0 Å². The second-order valence-corrected chi connectivity index (χ2v) is 5.10. The molecule has 1 N–H and O–H groups in total. The summed E-state index contributed by atoms with van der Waals surface area (Å²) in [7, 11) is -3.24. The van der Waals surface area contributed by atoms with Crippen molar-refractivity contribution in [2.24, 2.45) is 5.10 Å². The molecule has 12 heavy (non-hydrogen) atoms. The molecule has 0 saturated heterocycles. The molecule has 0 aromatic rings. The van der Waals surface area contributed by atoms with Gasteiger partial charge < -0.3 is 0 Å². The number of hydrogen-bond acceptors (Lipinski definition) is 3. The van der Waals surface area contributed by atoms with E-state index in [0.717, 1.165) is 12.1 Å². The molecule has 0 saturated carbocycles. The highest BCUT2D eigenvalue weighted by molar-refractivity contribution is 7.90. The maximum atomic E-state index is 11.1. The van der Waals surface area contributed by atoms with Crippen LogP contribution in [-0.2, 0) is 10.0 Å². The Hall–Kier alpha value is -0.580. The van der Waals surface area contributed by atoms with Crippen molar-refractivity contribution in [2.75, 3.05) is 0 Å². The summed E-state index contributed by atoms with van der Waals surface area (Å²) in [6.07, 6.45) is 0.751. The van der Waals surface area contributed by atoms with Crippen LogP contribution in [0.25, 0.3) is 0 Å². The molecular weight excluding hydrogens is 176 g/mol. The van der Waals surface area contributed by atoms with E-state index in [9.17, 15) is 8.42 Å². The van der Waals surface area contributed by atoms with Crippen LogP contribution in [0, 0.1) is 0 Å². The van der Waals surface area contributed by atoms with Crippen molar-refractivity contribution in [3.63, 3.8) is 0 Å². The average molecular weight is 192 g/mol. The lowest BCUT2D eigenvalue weighted by molar-refractivity contribution is 0.575. The van der Waals surface area contributed by atoms with E-state index in [4.69, 9.17) is 0 Å². The number of hydrazone groups is 1. The second-order valence-electron chi connectivity index (χ2n) is 2.89. The van der Waals surface area contributed by atoms with E-state index in [1.165, 1.54) is 0 Å². The minimum atomic E-state index is -3.24. The van der Waals surface area contributed by atoms with Crippen LogP contribution in [-0.4, -0.2) is 19.4 Å². The van der Waals surface area contributed by atoms with Crippen LogP contribution < -0.4 is 4.83 Å². The van der Waals surface area contributed by atoms with Crippen molar-refractivity contribution in [1.82, 2.24) is 4.83 Å².